The maximum Gasteiger partial charge on any atom is 0.251 e. The Morgan fingerprint density at radius 2 is 1.90 bits per heavy atom. The van der Waals surface area contributed by atoms with Crippen LogP contribution in [0, 0.1) is 5.92 Å². The van der Waals surface area contributed by atoms with E-state index in [-0.39, 0.29) is 23.8 Å². The van der Waals surface area contributed by atoms with Crippen molar-refractivity contribution in [2.24, 2.45) is 5.92 Å². The maximum atomic E-state index is 12.9. The summed E-state index contributed by atoms with van der Waals surface area (Å²) in [6.45, 7) is 3.91. The molecule has 0 unspecified atom stereocenters. The highest BCUT2D eigenvalue weighted by molar-refractivity contribution is 7.20. The molecule has 1 aliphatic rings. The van der Waals surface area contributed by atoms with Gasteiger partial charge in [-0.25, -0.2) is 4.98 Å². The number of amides is 2. The molecule has 0 spiro atoms. The zero-order valence-corrected chi connectivity index (χ0v) is 17.5. The summed E-state index contributed by atoms with van der Waals surface area (Å²) in [6, 6.07) is 9.07. The van der Waals surface area contributed by atoms with E-state index in [2.05, 4.69) is 15.6 Å². The smallest absolute Gasteiger partial charge is 0.251 e. The van der Waals surface area contributed by atoms with E-state index in [1.54, 1.807) is 6.07 Å². The van der Waals surface area contributed by atoms with E-state index in [9.17, 15) is 9.59 Å². The fourth-order valence-electron chi connectivity index (χ4n) is 3.75. The number of rotatable bonds is 6. The Morgan fingerprint density at radius 3 is 2.59 bits per heavy atom. The molecule has 2 amide bonds. The first-order valence-electron chi connectivity index (χ1n) is 10.2. The van der Waals surface area contributed by atoms with Gasteiger partial charge >= 0.3 is 0 Å². The second-order valence-electron chi connectivity index (χ2n) is 7.95. The van der Waals surface area contributed by atoms with Crippen LogP contribution in [0.15, 0.2) is 42.7 Å². The number of aromatic nitrogens is 2. The van der Waals surface area contributed by atoms with Gasteiger partial charge in [-0.3, -0.25) is 9.59 Å². The normalized spacial score (nSPS) is 15.7. The largest absolute Gasteiger partial charge is 0.352 e. The van der Waals surface area contributed by atoms with Crippen LogP contribution in [0.25, 0.3) is 15.3 Å². The van der Waals surface area contributed by atoms with Crippen molar-refractivity contribution in [2.75, 3.05) is 0 Å². The third-order valence-corrected chi connectivity index (χ3v) is 6.43. The Bertz CT molecular complexity index is 1000. The van der Waals surface area contributed by atoms with Crippen LogP contribution < -0.4 is 10.6 Å². The number of hydrogen-bond donors (Lipinski definition) is 2. The van der Waals surface area contributed by atoms with Crippen LogP contribution in [0.4, 0.5) is 0 Å². The molecule has 1 fully saturated rings. The zero-order valence-electron chi connectivity index (χ0n) is 16.7. The van der Waals surface area contributed by atoms with Gasteiger partial charge in [0.2, 0.25) is 5.91 Å². The average Bonchev–Trinajstić information content (AvgIpc) is 3.45. The fourth-order valence-corrected chi connectivity index (χ4v) is 4.72. The summed E-state index contributed by atoms with van der Waals surface area (Å²) in [5.74, 6) is -0.315. The van der Waals surface area contributed by atoms with Crippen molar-refractivity contribution in [1.29, 1.82) is 0 Å². The van der Waals surface area contributed by atoms with E-state index in [1.165, 1.54) is 11.3 Å². The lowest BCUT2D eigenvalue weighted by molar-refractivity contribution is -0.124. The predicted molar refractivity (Wildman–Crippen MR) is 115 cm³/mol. The SMILES string of the molecule is CC(C)[C@@H](NC(=O)c1ccc2nc(-n3cccc3)sc2c1)C(=O)NC1CCCC1. The van der Waals surface area contributed by atoms with E-state index in [1.807, 2.05) is 55.1 Å². The van der Waals surface area contributed by atoms with Gasteiger partial charge in [0, 0.05) is 24.0 Å². The van der Waals surface area contributed by atoms with Gasteiger partial charge in [0.25, 0.3) is 5.91 Å². The standard InChI is InChI=1S/C22H26N4O2S/c1-14(2)19(21(28)23-16-7-3-4-8-16)25-20(27)15-9-10-17-18(13-15)29-22(24-17)26-11-5-6-12-26/h5-6,9-14,16,19H,3-4,7-8H2,1-2H3,(H,23,28)(H,25,27)/t19-/m1/s1. The van der Waals surface area contributed by atoms with E-state index in [4.69, 9.17) is 0 Å². The van der Waals surface area contributed by atoms with Crippen LogP contribution in [0.2, 0.25) is 0 Å². The molecule has 2 N–H and O–H groups in total. The van der Waals surface area contributed by atoms with Crippen LogP contribution in [-0.4, -0.2) is 33.4 Å². The van der Waals surface area contributed by atoms with E-state index >= 15 is 0 Å². The molecule has 0 aliphatic heterocycles. The molecule has 1 atom stereocenters. The van der Waals surface area contributed by atoms with Crippen LogP contribution in [-0.2, 0) is 4.79 Å². The molecule has 2 heterocycles. The molecule has 29 heavy (non-hydrogen) atoms. The molecular formula is C22H26N4O2S. The zero-order chi connectivity index (χ0) is 20.4. The fraction of sp³-hybridized carbons (Fsp3) is 0.409. The van der Waals surface area contributed by atoms with Gasteiger partial charge in [0.15, 0.2) is 5.13 Å². The average molecular weight is 411 g/mol. The monoisotopic (exact) mass is 410 g/mol. The van der Waals surface area contributed by atoms with Gasteiger partial charge in [-0.05, 0) is 49.1 Å². The second kappa shape index (κ2) is 8.37. The van der Waals surface area contributed by atoms with Crippen LogP contribution >= 0.6 is 11.3 Å². The number of nitrogens with one attached hydrogen (secondary N) is 2. The highest BCUT2D eigenvalue weighted by Crippen LogP contribution is 2.26. The van der Waals surface area contributed by atoms with Crippen molar-refractivity contribution in [3.63, 3.8) is 0 Å². The number of nitrogens with zero attached hydrogens (tertiary/aromatic N) is 2. The first-order valence-corrected chi connectivity index (χ1v) is 11.0. The third kappa shape index (κ3) is 4.34. The summed E-state index contributed by atoms with van der Waals surface area (Å²) >= 11 is 1.53. The van der Waals surface area contributed by atoms with E-state index < -0.39 is 6.04 Å². The summed E-state index contributed by atoms with van der Waals surface area (Å²) in [7, 11) is 0. The Kier molecular flexibility index (Phi) is 5.67. The van der Waals surface area contributed by atoms with Crippen molar-refractivity contribution in [1.82, 2.24) is 20.2 Å². The first-order chi connectivity index (χ1) is 14.0. The summed E-state index contributed by atoms with van der Waals surface area (Å²) in [4.78, 5) is 30.2. The van der Waals surface area contributed by atoms with Gasteiger partial charge in [0.05, 0.1) is 10.2 Å². The number of thiazole rings is 1. The molecular weight excluding hydrogens is 384 g/mol. The van der Waals surface area contributed by atoms with Gasteiger partial charge in [-0.15, -0.1) is 0 Å². The molecule has 0 radical (unpaired) electrons. The highest BCUT2D eigenvalue weighted by atomic mass is 32.1. The first kappa shape index (κ1) is 19.6. The van der Waals surface area contributed by atoms with E-state index in [0.717, 1.165) is 41.0 Å². The molecule has 1 saturated carbocycles. The lowest BCUT2D eigenvalue weighted by atomic mass is 10.0. The molecule has 0 bridgehead atoms. The van der Waals surface area contributed by atoms with Gasteiger partial charge in [-0.1, -0.05) is 38.0 Å². The topological polar surface area (TPSA) is 76.0 Å². The molecule has 152 valence electrons. The molecule has 3 aromatic rings. The lowest BCUT2D eigenvalue weighted by Gasteiger charge is -2.24. The summed E-state index contributed by atoms with van der Waals surface area (Å²) in [5.41, 5.74) is 1.40. The van der Waals surface area contributed by atoms with Crippen molar-refractivity contribution in [2.45, 2.75) is 51.6 Å². The Hall–Kier alpha value is -2.67. The van der Waals surface area contributed by atoms with Crippen LogP contribution in [0.5, 0.6) is 0 Å². The molecule has 4 rings (SSSR count). The number of benzene rings is 1. The molecule has 1 aliphatic carbocycles. The number of carbonyl (C=O) groups excluding carboxylic acids is 2. The lowest BCUT2D eigenvalue weighted by Crippen LogP contribution is -2.51. The van der Waals surface area contributed by atoms with Gasteiger partial charge in [0.1, 0.15) is 6.04 Å². The molecule has 7 heteroatoms. The molecule has 2 aromatic heterocycles. The van der Waals surface area contributed by atoms with Crippen molar-refractivity contribution in [3.05, 3.63) is 48.3 Å². The molecule has 6 nitrogen and oxygen atoms in total. The number of carbonyl (C=O) groups is 2. The van der Waals surface area contributed by atoms with Crippen molar-refractivity contribution < 1.29 is 9.59 Å². The van der Waals surface area contributed by atoms with Crippen molar-refractivity contribution in [3.8, 4) is 5.13 Å². The Labute approximate surface area is 174 Å². The van der Waals surface area contributed by atoms with Gasteiger partial charge in [-0.2, -0.15) is 0 Å². The minimum atomic E-state index is -0.546. The third-order valence-electron chi connectivity index (χ3n) is 5.40. The van der Waals surface area contributed by atoms with Crippen LogP contribution in [0.1, 0.15) is 49.9 Å². The predicted octanol–water partition coefficient (Wildman–Crippen LogP) is 3.90. The number of fused-ring (bicyclic) bond motifs is 1. The number of hydrogen-bond acceptors (Lipinski definition) is 4. The summed E-state index contributed by atoms with van der Waals surface area (Å²) in [6.07, 6.45) is 8.25. The van der Waals surface area contributed by atoms with Gasteiger partial charge < -0.3 is 15.2 Å². The van der Waals surface area contributed by atoms with Crippen LogP contribution in [0.3, 0.4) is 0 Å². The van der Waals surface area contributed by atoms with E-state index in [0.29, 0.717) is 5.56 Å². The molecule has 1 aromatic carbocycles. The Morgan fingerprint density at radius 1 is 1.17 bits per heavy atom. The molecule has 0 saturated heterocycles. The second-order valence-corrected chi connectivity index (χ2v) is 8.96. The summed E-state index contributed by atoms with van der Waals surface area (Å²) in [5, 5.41) is 6.89. The Balaban J connectivity index is 1.49. The minimum absolute atomic E-state index is 0.00725. The van der Waals surface area contributed by atoms with Crippen molar-refractivity contribution >= 4 is 33.4 Å². The summed E-state index contributed by atoms with van der Waals surface area (Å²) < 4.78 is 2.89. The highest BCUT2D eigenvalue weighted by Gasteiger charge is 2.27. The maximum absolute atomic E-state index is 12.9. The minimum Gasteiger partial charge on any atom is -0.352 e. The quantitative estimate of drug-likeness (QED) is 0.647.